The van der Waals surface area contributed by atoms with Crippen LogP contribution in [-0.4, -0.2) is 48.7 Å². The van der Waals surface area contributed by atoms with Gasteiger partial charge in [0, 0.05) is 7.05 Å². The van der Waals surface area contributed by atoms with E-state index >= 15 is 0 Å². The lowest BCUT2D eigenvalue weighted by atomic mass is 10.0. The highest BCUT2D eigenvalue weighted by molar-refractivity contribution is 7.90. The molecule has 0 atom stereocenters. The number of nitrogens with zero attached hydrogens (tertiary/aromatic N) is 2. The Bertz CT molecular complexity index is 705. The van der Waals surface area contributed by atoms with Gasteiger partial charge in [-0.3, -0.25) is 14.3 Å². The first-order chi connectivity index (χ1) is 11.3. The molecular weight excluding hydrogens is 332 g/mol. The summed E-state index contributed by atoms with van der Waals surface area (Å²) in [6.07, 6.45) is 4.13. The molecule has 1 heterocycles. The molecule has 1 saturated carbocycles. The molecule has 1 aromatic heterocycles. The van der Waals surface area contributed by atoms with E-state index in [1.54, 1.807) is 13.0 Å². The fraction of sp³-hybridized carbons (Fsp3) is 0.667. The van der Waals surface area contributed by atoms with Gasteiger partial charge in [0.1, 0.15) is 12.2 Å². The Balaban J connectivity index is 2.03. The largest absolute Gasteiger partial charge is 0.358 e. The van der Waals surface area contributed by atoms with Crippen LogP contribution in [0.1, 0.15) is 48.3 Å². The molecule has 1 aliphatic rings. The van der Waals surface area contributed by atoms with Gasteiger partial charge in [-0.25, -0.2) is 13.1 Å². The zero-order chi connectivity index (χ0) is 17.7. The van der Waals surface area contributed by atoms with Gasteiger partial charge in [-0.15, -0.1) is 0 Å². The van der Waals surface area contributed by atoms with Crippen LogP contribution in [0.4, 0.5) is 0 Å². The molecule has 0 bridgehead atoms. The number of Topliss-reactive ketones (excluding diaryl/α,β-unsaturated/α-hetero) is 1. The Morgan fingerprint density at radius 2 is 1.96 bits per heavy atom. The Hall–Kier alpha value is -1.74. The lowest BCUT2D eigenvalue weighted by molar-refractivity contribution is -0.121. The maximum absolute atomic E-state index is 12.4. The number of amides is 1. The average molecular weight is 356 g/mol. The van der Waals surface area contributed by atoms with Gasteiger partial charge in [0.05, 0.1) is 17.5 Å². The number of sulfonamides is 1. The lowest BCUT2D eigenvalue weighted by Crippen LogP contribution is -2.39. The third kappa shape index (κ3) is 4.64. The van der Waals surface area contributed by atoms with Crippen molar-refractivity contribution in [3.8, 4) is 0 Å². The highest BCUT2D eigenvalue weighted by Crippen LogP contribution is 2.22. The van der Waals surface area contributed by atoms with Crippen molar-refractivity contribution < 1.29 is 18.0 Å². The van der Waals surface area contributed by atoms with Crippen molar-refractivity contribution in [2.45, 2.75) is 50.8 Å². The van der Waals surface area contributed by atoms with Crippen LogP contribution in [0.5, 0.6) is 0 Å². The third-order valence-corrected chi connectivity index (χ3v) is 6.08. The fourth-order valence-electron chi connectivity index (χ4n) is 2.86. The van der Waals surface area contributed by atoms with Crippen LogP contribution in [-0.2, 0) is 21.4 Å². The van der Waals surface area contributed by atoms with Gasteiger partial charge >= 0.3 is 0 Å². The van der Waals surface area contributed by atoms with Gasteiger partial charge in [-0.2, -0.15) is 5.10 Å². The Labute approximate surface area is 142 Å². The molecule has 0 saturated heterocycles. The first kappa shape index (κ1) is 18.6. The maximum atomic E-state index is 12.4. The van der Waals surface area contributed by atoms with E-state index in [0.29, 0.717) is 18.5 Å². The molecule has 0 aliphatic heterocycles. The van der Waals surface area contributed by atoms with Crippen molar-refractivity contribution in [2.75, 3.05) is 13.6 Å². The van der Waals surface area contributed by atoms with Crippen LogP contribution in [0.15, 0.2) is 6.07 Å². The molecule has 2 rings (SSSR count). The van der Waals surface area contributed by atoms with Gasteiger partial charge in [0.15, 0.2) is 5.78 Å². The van der Waals surface area contributed by atoms with Crippen LogP contribution in [0, 0.1) is 6.92 Å². The van der Waals surface area contributed by atoms with Gasteiger partial charge < -0.3 is 5.32 Å². The van der Waals surface area contributed by atoms with Gasteiger partial charge in [0.25, 0.3) is 0 Å². The monoisotopic (exact) mass is 356 g/mol. The standard InChI is InChI=1S/C15H24N4O4S/c1-11-8-13(19(18-11)10-15(21)16-2)14(20)9-17-24(22,23)12-6-4-3-5-7-12/h8,12,17H,3-7,9-10H2,1-2H3,(H,16,21). The van der Waals surface area contributed by atoms with Crippen LogP contribution in [0.25, 0.3) is 0 Å². The second-order valence-electron chi connectivity index (χ2n) is 6.05. The number of rotatable bonds is 7. The SMILES string of the molecule is CNC(=O)Cn1nc(C)cc1C(=O)CNS(=O)(=O)C1CCCCC1. The second-order valence-corrected chi connectivity index (χ2v) is 8.10. The van der Waals surface area contributed by atoms with Crippen molar-refractivity contribution in [3.63, 3.8) is 0 Å². The number of carbonyl (C=O) groups is 2. The van der Waals surface area contributed by atoms with Gasteiger partial charge in [0.2, 0.25) is 15.9 Å². The quantitative estimate of drug-likeness (QED) is 0.686. The number of ketones is 1. The summed E-state index contributed by atoms with van der Waals surface area (Å²) >= 11 is 0. The topological polar surface area (TPSA) is 110 Å². The molecule has 9 heteroatoms. The molecule has 0 spiro atoms. The summed E-state index contributed by atoms with van der Waals surface area (Å²) in [6.45, 7) is 1.31. The third-order valence-electron chi connectivity index (χ3n) is 4.18. The Morgan fingerprint density at radius 1 is 1.29 bits per heavy atom. The lowest BCUT2D eigenvalue weighted by Gasteiger charge is -2.21. The molecule has 2 N–H and O–H groups in total. The normalized spacial score (nSPS) is 16.1. The summed E-state index contributed by atoms with van der Waals surface area (Å²) in [5, 5.41) is 6.16. The predicted molar refractivity (Wildman–Crippen MR) is 89.2 cm³/mol. The van der Waals surface area contributed by atoms with E-state index in [2.05, 4.69) is 15.1 Å². The minimum Gasteiger partial charge on any atom is -0.358 e. The Morgan fingerprint density at radius 3 is 2.58 bits per heavy atom. The maximum Gasteiger partial charge on any atom is 0.241 e. The fourth-order valence-corrected chi connectivity index (χ4v) is 4.38. The number of likely N-dealkylation sites (N-methyl/N-ethyl adjacent to an activating group) is 1. The van der Waals surface area contributed by atoms with E-state index in [1.807, 2.05) is 0 Å². The van der Waals surface area contributed by atoms with Crippen LogP contribution in [0.3, 0.4) is 0 Å². The summed E-state index contributed by atoms with van der Waals surface area (Å²) in [5.41, 5.74) is 0.819. The smallest absolute Gasteiger partial charge is 0.241 e. The number of hydrogen-bond acceptors (Lipinski definition) is 5. The molecule has 1 fully saturated rings. The van der Waals surface area contributed by atoms with Crippen LogP contribution >= 0.6 is 0 Å². The summed E-state index contributed by atoms with van der Waals surface area (Å²) in [6, 6.07) is 1.56. The molecule has 8 nitrogen and oxygen atoms in total. The number of aromatic nitrogens is 2. The number of carbonyl (C=O) groups excluding carboxylic acids is 2. The summed E-state index contributed by atoms with van der Waals surface area (Å²) in [7, 11) is -2.00. The molecule has 1 amide bonds. The van der Waals surface area contributed by atoms with E-state index in [-0.39, 0.29) is 24.7 Å². The summed E-state index contributed by atoms with van der Waals surface area (Å²) < 4.78 is 28.3. The first-order valence-electron chi connectivity index (χ1n) is 8.10. The highest BCUT2D eigenvalue weighted by atomic mass is 32.2. The molecule has 0 unspecified atom stereocenters. The molecule has 0 radical (unpaired) electrons. The second kappa shape index (κ2) is 7.89. The molecular formula is C15H24N4O4S. The van der Waals surface area contributed by atoms with E-state index < -0.39 is 21.1 Å². The Kier molecular flexibility index (Phi) is 6.11. The van der Waals surface area contributed by atoms with Crippen molar-refractivity contribution in [2.24, 2.45) is 0 Å². The number of aryl methyl sites for hydroxylation is 1. The van der Waals surface area contributed by atoms with Crippen molar-refractivity contribution >= 4 is 21.7 Å². The van der Waals surface area contributed by atoms with E-state index in [0.717, 1.165) is 19.3 Å². The predicted octanol–water partition coefficient (Wildman–Crippen LogP) is 0.372. The molecule has 1 aromatic rings. The van der Waals surface area contributed by atoms with Crippen molar-refractivity contribution in [1.29, 1.82) is 0 Å². The van der Waals surface area contributed by atoms with Crippen molar-refractivity contribution in [3.05, 3.63) is 17.5 Å². The molecule has 24 heavy (non-hydrogen) atoms. The summed E-state index contributed by atoms with van der Waals surface area (Å²) in [5.74, 6) is -0.686. The minimum atomic E-state index is -3.50. The van der Waals surface area contributed by atoms with E-state index in [4.69, 9.17) is 0 Å². The molecule has 1 aliphatic carbocycles. The first-order valence-corrected chi connectivity index (χ1v) is 9.65. The van der Waals surface area contributed by atoms with Gasteiger partial charge in [-0.1, -0.05) is 19.3 Å². The highest BCUT2D eigenvalue weighted by Gasteiger charge is 2.28. The number of nitrogens with one attached hydrogen (secondary N) is 2. The average Bonchev–Trinajstić information content (AvgIpc) is 2.93. The summed E-state index contributed by atoms with van der Waals surface area (Å²) in [4.78, 5) is 23.9. The zero-order valence-corrected chi connectivity index (χ0v) is 14.9. The molecule has 134 valence electrons. The van der Waals surface area contributed by atoms with Crippen LogP contribution in [0.2, 0.25) is 0 Å². The van der Waals surface area contributed by atoms with Crippen molar-refractivity contribution in [1.82, 2.24) is 19.8 Å². The van der Waals surface area contributed by atoms with E-state index in [1.165, 1.54) is 11.7 Å². The van der Waals surface area contributed by atoms with Gasteiger partial charge in [-0.05, 0) is 25.8 Å². The zero-order valence-electron chi connectivity index (χ0n) is 14.0. The number of hydrogen-bond donors (Lipinski definition) is 2. The van der Waals surface area contributed by atoms with E-state index in [9.17, 15) is 18.0 Å². The minimum absolute atomic E-state index is 0.0826. The van der Waals surface area contributed by atoms with Crippen LogP contribution < -0.4 is 10.0 Å². The molecule has 0 aromatic carbocycles.